The normalized spacial score (nSPS) is 14.9. The fourth-order valence-electron chi connectivity index (χ4n) is 3.68. The second-order valence-electron chi connectivity index (χ2n) is 7.59. The highest BCUT2D eigenvalue weighted by Crippen LogP contribution is 2.34. The number of benzene rings is 3. The van der Waals surface area contributed by atoms with E-state index in [-0.39, 0.29) is 28.5 Å². The van der Waals surface area contributed by atoms with E-state index >= 15 is 0 Å². The topological polar surface area (TPSA) is 75.7 Å². The summed E-state index contributed by atoms with van der Waals surface area (Å²) in [6, 6.07) is 15.3. The molecule has 0 unspecified atom stereocenters. The monoisotopic (exact) mass is 556 g/mol. The van der Waals surface area contributed by atoms with E-state index in [1.807, 2.05) is 6.92 Å². The summed E-state index contributed by atoms with van der Waals surface area (Å²) in [5, 5.41) is 2.36. The number of hydrogen-bond acceptors (Lipinski definition) is 4. The van der Waals surface area contributed by atoms with Crippen LogP contribution < -0.4 is 15.0 Å². The first kappa shape index (κ1) is 24.6. The first-order chi connectivity index (χ1) is 16.8. The standard InChI is InChI=1S/C26H19BrClFN2O4/c1-2-35-23-13-15(12-19(27)17(23)14-16-7-3-5-9-21(16)29)11-18-24(32)30-26(34)31(25(18)33)22-10-6-4-8-20(22)28/h3-13H,2,14H2,1H3,(H,30,32,34)/b18-11+. The van der Waals surface area contributed by atoms with Gasteiger partial charge in [-0.3, -0.25) is 14.9 Å². The van der Waals surface area contributed by atoms with Crippen LogP contribution in [-0.4, -0.2) is 24.5 Å². The van der Waals surface area contributed by atoms with Crippen molar-refractivity contribution in [3.8, 4) is 5.75 Å². The Morgan fingerprint density at radius 1 is 1.09 bits per heavy atom. The van der Waals surface area contributed by atoms with Gasteiger partial charge in [0.15, 0.2) is 0 Å². The van der Waals surface area contributed by atoms with Crippen LogP contribution in [0.2, 0.25) is 5.02 Å². The van der Waals surface area contributed by atoms with Gasteiger partial charge in [0.1, 0.15) is 17.1 Å². The number of urea groups is 1. The molecule has 3 aromatic carbocycles. The van der Waals surface area contributed by atoms with Crippen LogP contribution in [0.3, 0.4) is 0 Å². The predicted molar refractivity (Wildman–Crippen MR) is 135 cm³/mol. The van der Waals surface area contributed by atoms with E-state index in [0.29, 0.717) is 33.5 Å². The fourth-order valence-corrected chi connectivity index (χ4v) is 4.50. The molecule has 3 aromatic rings. The van der Waals surface area contributed by atoms with Crippen LogP contribution in [0.15, 0.2) is 70.7 Å². The Morgan fingerprint density at radius 2 is 1.80 bits per heavy atom. The Kier molecular flexibility index (Phi) is 7.33. The smallest absolute Gasteiger partial charge is 0.335 e. The first-order valence-electron chi connectivity index (χ1n) is 10.6. The van der Waals surface area contributed by atoms with Crippen LogP contribution in [0.25, 0.3) is 6.08 Å². The summed E-state index contributed by atoms with van der Waals surface area (Å²) < 4.78 is 20.6. The lowest BCUT2D eigenvalue weighted by Crippen LogP contribution is -2.54. The molecule has 9 heteroatoms. The minimum atomic E-state index is -0.887. The fraction of sp³-hybridized carbons (Fsp3) is 0.115. The number of para-hydroxylation sites is 1. The summed E-state index contributed by atoms with van der Waals surface area (Å²) in [4.78, 5) is 39.0. The van der Waals surface area contributed by atoms with Gasteiger partial charge in [0, 0.05) is 16.5 Å². The molecule has 0 atom stereocenters. The number of nitrogens with zero attached hydrogens (tertiary/aromatic N) is 1. The molecule has 6 nitrogen and oxygen atoms in total. The van der Waals surface area contributed by atoms with Crippen LogP contribution in [0, 0.1) is 5.82 Å². The third-order valence-electron chi connectivity index (χ3n) is 5.31. The highest BCUT2D eigenvalue weighted by atomic mass is 79.9. The summed E-state index contributed by atoms with van der Waals surface area (Å²) in [6.45, 7) is 2.17. The number of nitrogens with one attached hydrogen (secondary N) is 1. The van der Waals surface area contributed by atoms with Gasteiger partial charge in [0.05, 0.1) is 17.3 Å². The van der Waals surface area contributed by atoms with Crippen molar-refractivity contribution < 1.29 is 23.5 Å². The lowest BCUT2D eigenvalue weighted by Gasteiger charge is -2.27. The van der Waals surface area contributed by atoms with Crippen LogP contribution in [0.4, 0.5) is 14.9 Å². The Hall–Kier alpha value is -3.49. The number of anilines is 1. The summed E-state index contributed by atoms with van der Waals surface area (Å²) in [5.74, 6) is -1.49. The second-order valence-corrected chi connectivity index (χ2v) is 8.85. The molecule has 4 rings (SSSR count). The van der Waals surface area contributed by atoms with Crippen LogP contribution >= 0.6 is 27.5 Å². The molecule has 4 amide bonds. The van der Waals surface area contributed by atoms with Crippen molar-refractivity contribution in [3.05, 3.63) is 98.2 Å². The van der Waals surface area contributed by atoms with E-state index in [0.717, 1.165) is 4.90 Å². The van der Waals surface area contributed by atoms with Crippen molar-refractivity contribution in [2.45, 2.75) is 13.3 Å². The van der Waals surface area contributed by atoms with E-state index in [2.05, 4.69) is 21.2 Å². The minimum absolute atomic E-state index is 0.159. The Labute approximate surface area is 214 Å². The van der Waals surface area contributed by atoms with Gasteiger partial charge in [-0.05, 0) is 54.5 Å². The molecule has 0 spiro atoms. The number of rotatable bonds is 6. The molecule has 0 aromatic heterocycles. The summed E-state index contributed by atoms with van der Waals surface area (Å²) >= 11 is 9.69. The maximum atomic E-state index is 14.2. The zero-order valence-corrected chi connectivity index (χ0v) is 20.8. The molecular weight excluding hydrogens is 539 g/mol. The molecule has 0 bridgehead atoms. The number of carbonyl (C=O) groups is 3. The quantitative estimate of drug-likeness (QED) is 0.303. The van der Waals surface area contributed by atoms with Crippen molar-refractivity contribution in [3.63, 3.8) is 0 Å². The van der Waals surface area contributed by atoms with E-state index in [1.54, 1.807) is 42.5 Å². The first-order valence-corrected chi connectivity index (χ1v) is 11.8. The van der Waals surface area contributed by atoms with Gasteiger partial charge < -0.3 is 4.74 Å². The largest absolute Gasteiger partial charge is 0.494 e. The number of ether oxygens (including phenoxy) is 1. The Bertz CT molecular complexity index is 1380. The number of carbonyl (C=O) groups excluding carboxylic acids is 3. The van der Waals surface area contributed by atoms with Gasteiger partial charge in [-0.1, -0.05) is 57.9 Å². The van der Waals surface area contributed by atoms with E-state index in [1.165, 1.54) is 24.3 Å². The minimum Gasteiger partial charge on any atom is -0.494 e. The zero-order chi connectivity index (χ0) is 25.1. The third kappa shape index (κ3) is 5.13. The van der Waals surface area contributed by atoms with Gasteiger partial charge in [0.25, 0.3) is 11.8 Å². The molecule has 1 aliphatic rings. The maximum absolute atomic E-state index is 14.2. The van der Waals surface area contributed by atoms with Gasteiger partial charge in [-0.2, -0.15) is 0 Å². The maximum Gasteiger partial charge on any atom is 0.335 e. The van der Waals surface area contributed by atoms with Crippen molar-refractivity contribution in [2.24, 2.45) is 0 Å². The molecule has 0 saturated carbocycles. The lowest BCUT2D eigenvalue weighted by atomic mass is 10.00. The molecule has 1 heterocycles. The summed E-state index contributed by atoms with van der Waals surface area (Å²) in [5.41, 5.74) is 1.60. The average molecular weight is 558 g/mol. The molecule has 1 fully saturated rings. The van der Waals surface area contributed by atoms with E-state index in [9.17, 15) is 18.8 Å². The second kappa shape index (κ2) is 10.4. The highest BCUT2D eigenvalue weighted by Gasteiger charge is 2.37. The molecule has 1 aliphatic heterocycles. The van der Waals surface area contributed by atoms with E-state index in [4.69, 9.17) is 16.3 Å². The summed E-state index contributed by atoms with van der Waals surface area (Å²) in [6.07, 6.45) is 1.64. The molecule has 1 saturated heterocycles. The van der Waals surface area contributed by atoms with E-state index < -0.39 is 17.8 Å². The molecule has 1 N–H and O–H groups in total. The molecule has 0 aliphatic carbocycles. The van der Waals surface area contributed by atoms with Crippen molar-refractivity contribution in [2.75, 3.05) is 11.5 Å². The van der Waals surface area contributed by atoms with Crippen LogP contribution in [-0.2, 0) is 16.0 Å². The number of halogens is 3. The van der Waals surface area contributed by atoms with Gasteiger partial charge >= 0.3 is 6.03 Å². The van der Waals surface area contributed by atoms with Crippen LogP contribution in [0.5, 0.6) is 5.75 Å². The van der Waals surface area contributed by atoms with Crippen molar-refractivity contribution in [1.29, 1.82) is 0 Å². The Balaban J connectivity index is 1.74. The molecule has 178 valence electrons. The lowest BCUT2D eigenvalue weighted by molar-refractivity contribution is -0.122. The zero-order valence-electron chi connectivity index (χ0n) is 18.5. The number of imide groups is 2. The number of hydrogen-bond donors (Lipinski definition) is 1. The Morgan fingerprint density at radius 3 is 2.51 bits per heavy atom. The van der Waals surface area contributed by atoms with Crippen LogP contribution in [0.1, 0.15) is 23.6 Å². The van der Waals surface area contributed by atoms with Gasteiger partial charge in [-0.15, -0.1) is 0 Å². The van der Waals surface area contributed by atoms with Crippen molar-refractivity contribution in [1.82, 2.24) is 5.32 Å². The molecule has 0 radical (unpaired) electrons. The predicted octanol–water partition coefficient (Wildman–Crippen LogP) is 5.90. The molecule has 35 heavy (non-hydrogen) atoms. The SMILES string of the molecule is CCOc1cc(/C=C2\C(=O)NC(=O)N(c3ccccc3Cl)C2=O)cc(Br)c1Cc1ccccc1F. The number of barbiturate groups is 1. The van der Waals surface area contributed by atoms with Crippen molar-refractivity contribution >= 4 is 57.1 Å². The number of amides is 4. The van der Waals surface area contributed by atoms with Gasteiger partial charge in [0.2, 0.25) is 0 Å². The average Bonchev–Trinajstić information content (AvgIpc) is 2.81. The summed E-state index contributed by atoms with van der Waals surface area (Å²) in [7, 11) is 0. The van der Waals surface area contributed by atoms with Gasteiger partial charge in [-0.25, -0.2) is 14.1 Å². The third-order valence-corrected chi connectivity index (χ3v) is 6.33. The molecular formula is C26H19BrClFN2O4. The highest BCUT2D eigenvalue weighted by molar-refractivity contribution is 9.10.